The second-order valence-electron chi connectivity index (χ2n) is 7.09. The average molecular weight is 410 g/mol. The van der Waals surface area contributed by atoms with Crippen LogP contribution in [0, 0.1) is 29.3 Å². The van der Waals surface area contributed by atoms with E-state index in [2.05, 4.69) is 4.74 Å². The monoisotopic (exact) mass is 410 g/mol. The van der Waals surface area contributed by atoms with Crippen LogP contribution in [0.15, 0.2) is 12.1 Å². The Morgan fingerprint density at radius 3 is 2.11 bits per heavy atom. The molecule has 0 bridgehead atoms. The van der Waals surface area contributed by atoms with E-state index in [4.69, 9.17) is 14.2 Å². The van der Waals surface area contributed by atoms with Crippen LogP contribution < -0.4 is 4.74 Å². The molecule has 2 aliphatic rings. The van der Waals surface area contributed by atoms with Crippen molar-refractivity contribution in [3.05, 3.63) is 29.6 Å². The summed E-state index contributed by atoms with van der Waals surface area (Å²) in [7, 11) is 0. The van der Waals surface area contributed by atoms with Crippen LogP contribution in [0.2, 0.25) is 0 Å². The molecule has 4 nitrogen and oxygen atoms in total. The van der Waals surface area contributed by atoms with Gasteiger partial charge in [-0.2, -0.15) is 8.78 Å². The van der Waals surface area contributed by atoms with E-state index < -0.39 is 41.5 Å². The first-order valence-electron chi connectivity index (χ1n) is 9.36. The summed E-state index contributed by atoms with van der Waals surface area (Å²) in [6, 6.07) is 0.826. The first-order valence-corrected chi connectivity index (χ1v) is 9.36. The average Bonchev–Trinajstić information content (AvgIpc) is 2.67. The summed E-state index contributed by atoms with van der Waals surface area (Å²) in [6.45, 7) is 3.24. The van der Waals surface area contributed by atoms with Crippen LogP contribution >= 0.6 is 0 Å². The van der Waals surface area contributed by atoms with Gasteiger partial charge in [-0.15, -0.1) is 0 Å². The fourth-order valence-corrected chi connectivity index (χ4v) is 3.66. The second-order valence-corrected chi connectivity index (χ2v) is 7.09. The Kier molecular flexibility index (Phi) is 6.77. The Morgan fingerprint density at radius 2 is 1.57 bits per heavy atom. The maximum atomic E-state index is 14.4. The molecule has 1 aliphatic carbocycles. The molecule has 0 atom stereocenters. The van der Waals surface area contributed by atoms with Crippen molar-refractivity contribution in [3.8, 4) is 5.75 Å². The lowest BCUT2D eigenvalue weighted by atomic mass is 9.81. The minimum Gasteiger partial charge on any atom is -0.432 e. The van der Waals surface area contributed by atoms with Gasteiger partial charge in [0, 0.05) is 24.7 Å². The van der Waals surface area contributed by atoms with Crippen molar-refractivity contribution in [1.29, 1.82) is 0 Å². The summed E-state index contributed by atoms with van der Waals surface area (Å²) in [5.74, 6) is -6.77. The van der Waals surface area contributed by atoms with E-state index in [1.54, 1.807) is 0 Å². The van der Waals surface area contributed by atoms with Crippen LogP contribution in [0.25, 0.3) is 0 Å². The van der Waals surface area contributed by atoms with Gasteiger partial charge in [0.15, 0.2) is 23.7 Å². The Balaban J connectivity index is 1.52. The minimum atomic E-state index is -3.63. The van der Waals surface area contributed by atoms with Crippen molar-refractivity contribution in [2.24, 2.45) is 11.8 Å². The third-order valence-corrected chi connectivity index (χ3v) is 5.14. The van der Waals surface area contributed by atoms with Crippen molar-refractivity contribution >= 4 is 0 Å². The third-order valence-electron chi connectivity index (χ3n) is 5.14. The maximum Gasteiger partial charge on any atom is 0.400 e. The molecule has 0 unspecified atom stereocenters. The second kappa shape index (κ2) is 8.92. The van der Waals surface area contributed by atoms with Gasteiger partial charge in [-0.05, 0) is 32.6 Å². The Labute approximate surface area is 159 Å². The summed E-state index contributed by atoms with van der Waals surface area (Å²) in [5, 5.41) is 0. The molecule has 158 valence electrons. The molecule has 3 rings (SSSR count). The normalized spacial score (nSPS) is 28.9. The Bertz CT molecular complexity index is 633. The van der Waals surface area contributed by atoms with Crippen molar-refractivity contribution in [2.75, 3.05) is 19.8 Å². The number of rotatable bonds is 6. The molecule has 0 N–H and O–H groups in total. The van der Waals surface area contributed by atoms with Crippen molar-refractivity contribution in [3.63, 3.8) is 0 Å². The topological polar surface area (TPSA) is 36.9 Å². The molecule has 28 heavy (non-hydrogen) atoms. The van der Waals surface area contributed by atoms with E-state index in [1.807, 2.05) is 6.92 Å². The van der Waals surface area contributed by atoms with E-state index in [0.29, 0.717) is 44.8 Å². The van der Waals surface area contributed by atoms with Crippen molar-refractivity contribution < 1.29 is 40.9 Å². The van der Waals surface area contributed by atoms with E-state index >= 15 is 0 Å². The largest absolute Gasteiger partial charge is 0.432 e. The quantitative estimate of drug-likeness (QED) is 0.505. The zero-order chi connectivity index (χ0) is 20.3. The zero-order valence-corrected chi connectivity index (χ0v) is 15.4. The van der Waals surface area contributed by atoms with E-state index in [-0.39, 0.29) is 24.9 Å². The fourth-order valence-electron chi connectivity index (χ4n) is 3.66. The molecule has 0 amide bonds. The van der Waals surface area contributed by atoms with Crippen LogP contribution in [0.4, 0.5) is 22.0 Å². The first kappa shape index (κ1) is 21.3. The Hall–Kier alpha value is -1.45. The highest BCUT2D eigenvalue weighted by Gasteiger charge is 2.45. The number of ether oxygens (including phenoxy) is 4. The first-order chi connectivity index (χ1) is 13.3. The molecule has 0 aromatic heterocycles. The smallest absolute Gasteiger partial charge is 0.400 e. The van der Waals surface area contributed by atoms with Gasteiger partial charge in [-0.3, -0.25) is 0 Å². The zero-order valence-electron chi connectivity index (χ0n) is 15.4. The summed E-state index contributed by atoms with van der Waals surface area (Å²) in [4.78, 5) is 0. The number of benzene rings is 1. The lowest BCUT2D eigenvalue weighted by Gasteiger charge is -2.38. The number of halogens is 5. The maximum absolute atomic E-state index is 14.4. The van der Waals surface area contributed by atoms with Crippen LogP contribution in [-0.4, -0.2) is 38.3 Å². The van der Waals surface area contributed by atoms with Crippen molar-refractivity contribution in [2.45, 2.75) is 51.1 Å². The van der Waals surface area contributed by atoms with Gasteiger partial charge < -0.3 is 18.9 Å². The molecule has 0 spiro atoms. The molecule has 1 saturated heterocycles. The standard InChI is InChI=1S/C19H23F5O4/c1-2-25-14-9-26-18(27-10-14)11-3-5-12(6-4-11)19(23,24)28-13-7-15(20)17(22)16(21)8-13/h7-8,11-12,14,18H,2-6,9-10H2,1H3. The Morgan fingerprint density at radius 1 is 1.00 bits per heavy atom. The van der Waals surface area contributed by atoms with Gasteiger partial charge in [-0.25, -0.2) is 13.2 Å². The summed E-state index contributed by atoms with van der Waals surface area (Å²) in [6.07, 6.45) is -3.03. The van der Waals surface area contributed by atoms with Crippen molar-refractivity contribution in [1.82, 2.24) is 0 Å². The summed E-state index contributed by atoms with van der Waals surface area (Å²) < 4.78 is 89.5. The van der Waals surface area contributed by atoms with E-state index in [9.17, 15) is 22.0 Å². The van der Waals surface area contributed by atoms with Crippen LogP contribution in [0.3, 0.4) is 0 Å². The van der Waals surface area contributed by atoms with Gasteiger partial charge in [0.05, 0.1) is 19.1 Å². The van der Waals surface area contributed by atoms with Crippen LogP contribution in [0.1, 0.15) is 32.6 Å². The molecular weight excluding hydrogens is 387 g/mol. The number of alkyl halides is 2. The minimum absolute atomic E-state index is 0.0182. The molecule has 0 radical (unpaired) electrons. The highest BCUT2D eigenvalue weighted by molar-refractivity contribution is 5.25. The third kappa shape index (κ3) is 4.93. The van der Waals surface area contributed by atoms with Crippen LogP contribution in [-0.2, 0) is 14.2 Å². The highest BCUT2D eigenvalue weighted by Crippen LogP contribution is 2.42. The molecule has 1 heterocycles. The van der Waals surface area contributed by atoms with Gasteiger partial charge >= 0.3 is 6.11 Å². The predicted molar refractivity (Wildman–Crippen MR) is 88.4 cm³/mol. The van der Waals surface area contributed by atoms with E-state index in [1.165, 1.54) is 0 Å². The molecule has 9 heteroatoms. The number of hydrogen-bond donors (Lipinski definition) is 0. The molecular formula is C19H23F5O4. The summed E-state index contributed by atoms with van der Waals surface area (Å²) >= 11 is 0. The predicted octanol–water partition coefficient (Wildman–Crippen LogP) is 4.66. The van der Waals surface area contributed by atoms with Gasteiger partial charge in [0.25, 0.3) is 0 Å². The van der Waals surface area contributed by atoms with Gasteiger partial charge in [0.2, 0.25) is 0 Å². The van der Waals surface area contributed by atoms with Gasteiger partial charge in [0.1, 0.15) is 11.9 Å². The van der Waals surface area contributed by atoms with Crippen LogP contribution in [0.5, 0.6) is 5.75 Å². The molecule has 2 fully saturated rings. The number of hydrogen-bond acceptors (Lipinski definition) is 4. The SMILES string of the molecule is CCOC1COC(C2CCC(C(F)(F)Oc3cc(F)c(F)c(F)c3)CC2)OC1. The molecule has 1 aromatic rings. The van der Waals surface area contributed by atoms with Gasteiger partial charge in [-0.1, -0.05) is 0 Å². The lowest BCUT2D eigenvalue weighted by molar-refractivity contribution is -0.259. The lowest BCUT2D eigenvalue weighted by Crippen LogP contribution is -2.44. The molecule has 1 aromatic carbocycles. The molecule has 1 aliphatic heterocycles. The fraction of sp³-hybridized carbons (Fsp3) is 0.684. The highest BCUT2D eigenvalue weighted by atomic mass is 19.3. The van der Waals surface area contributed by atoms with E-state index in [0.717, 1.165) is 0 Å². The summed E-state index contributed by atoms with van der Waals surface area (Å²) in [5.41, 5.74) is 0. The molecule has 1 saturated carbocycles.